The third kappa shape index (κ3) is 5.96. The summed E-state index contributed by atoms with van der Waals surface area (Å²) >= 11 is 7.46. The quantitative estimate of drug-likeness (QED) is 0.574. The highest BCUT2D eigenvalue weighted by Crippen LogP contribution is 2.23. The molecular weight excluding hydrogens is 394 g/mol. The van der Waals surface area contributed by atoms with Gasteiger partial charge in [0, 0.05) is 23.7 Å². The minimum atomic E-state index is -0.0766. The van der Waals surface area contributed by atoms with Crippen LogP contribution in [0.4, 0.5) is 5.69 Å². The SMILES string of the molecule is CCCCn1c(SCC(=O)Nc2cc(Cl)ccc2C)nnc1[C@@H](CC)[NH+](C)C. The van der Waals surface area contributed by atoms with E-state index >= 15 is 0 Å². The molecule has 0 fully saturated rings. The Balaban J connectivity index is 2.11. The number of halogens is 1. The summed E-state index contributed by atoms with van der Waals surface area (Å²) in [7, 11) is 4.28. The van der Waals surface area contributed by atoms with Crippen molar-refractivity contribution >= 4 is 35.0 Å². The number of hydrogen-bond donors (Lipinski definition) is 2. The van der Waals surface area contributed by atoms with E-state index < -0.39 is 0 Å². The van der Waals surface area contributed by atoms with Gasteiger partial charge in [-0.05, 0) is 31.0 Å². The number of nitrogens with one attached hydrogen (secondary N) is 2. The first-order chi connectivity index (χ1) is 13.4. The number of aryl methyl sites for hydroxylation is 1. The molecule has 0 aliphatic heterocycles. The van der Waals surface area contributed by atoms with Crippen LogP contribution in [0.1, 0.15) is 50.5 Å². The molecule has 1 heterocycles. The largest absolute Gasteiger partial charge is 0.331 e. The van der Waals surface area contributed by atoms with E-state index in [1.807, 2.05) is 19.1 Å². The maximum atomic E-state index is 12.4. The summed E-state index contributed by atoms with van der Waals surface area (Å²) in [5, 5.41) is 13.2. The summed E-state index contributed by atoms with van der Waals surface area (Å²) in [4.78, 5) is 13.8. The van der Waals surface area contributed by atoms with E-state index in [9.17, 15) is 4.79 Å². The normalized spacial score (nSPS) is 12.4. The molecule has 6 nitrogen and oxygen atoms in total. The third-order valence-electron chi connectivity index (χ3n) is 4.70. The fourth-order valence-electron chi connectivity index (χ4n) is 3.09. The fraction of sp³-hybridized carbons (Fsp3) is 0.550. The van der Waals surface area contributed by atoms with E-state index in [1.165, 1.54) is 16.7 Å². The van der Waals surface area contributed by atoms with Gasteiger partial charge in [-0.25, -0.2) is 0 Å². The molecule has 0 spiro atoms. The van der Waals surface area contributed by atoms with Crippen molar-refractivity contribution in [2.75, 3.05) is 25.2 Å². The number of benzene rings is 1. The van der Waals surface area contributed by atoms with Crippen molar-refractivity contribution in [1.82, 2.24) is 14.8 Å². The summed E-state index contributed by atoms with van der Waals surface area (Å²) in [6.45, 7) is 7.16. The molecular formula is C20H31ClN5OS+. The van der Waals surface area contributed by atoms with Gasteiger partial charge in [0.2, 0.25) is 5.91 Å². The Morgan fingerprint density at radius 1 is 1.32 bits per heavy atom. The number of hydrogen-bond acceptors (Lipinski definition) is 4. The van der Waals surface area contributed by atoms with Gasteiger partial charge in [-0.2, -0.15) is 0 Å². The topological polar surface area (TPSA) is 64.2 Å². The van der Waals surface area contributed by atoms with Crippen molar-refractivity contribution in [3.8, 4) is 0 Å². The van der Waals surface area contributed by atoms with Gasteiger partial charge >= 0.3 is 0 Å². The zero-order valence-corrected chi connectivity index (χ0v) is 19.0. The maximum Gasteiger partial charge on any atom is 0.234 e. The van der Waals surface area contributed by atoms with Crippen molar-refractivity contribution in [3.63, 3.8) is 0 Å². The van der Waals surface area contributed by atoms with Crippen molar-refractivity contribution in [2.24, 2.45) is 0 Å². The number of carbonyl (C=O) groups excluding carboxylic acids is 1. The number of quaternary nitrogens is 1. The summed E-state index contributed by atoms with van der Waals surface area (Å²) in [6, 6.07) is 5.78. The Kier molecular flexibility index (Phi) is 8.79. The average molecular weight is 425 g/mol. The van der Waals surface area contributed by atoms with Crippen LogP contribution < -0.4 is 10.2 Å². The molecule has 8 heteroatoms. The number of anilines is 1. The molecule has 154 valence electrons. The second kappa shape index (κ2) is 10.8. The van der Waals surface area contributed by atoms with Crippen LogP contribution in [0, 0.1) is 6.92 Å². The Bertz CT molecular complexity index is 793. The van der Waals surface area contributed by atoms with Crippen LogP contribution in [0.3, 0.4) is 0 Å². The first-order valence-electron chi connectivity index (χ1n) is 9.79. The highest BCUT2D eigenvalue weighted by molar-refractivity contribution is 7.99. The van der Waals surface area contributed by atoms with Gasteiger partial charge in [0.1, 0.15) is 6.04 Å². The first kappa shape index (κ1) is 22.7. The smallest absolute Gasteiger partial charge is 0.234 e. The highest BCUT2D eigenvalue weighted by atomic mass is 35.5. The number of rotatable bonds is 10. The second-order valence-corrected chi connectivity index (χ2v) is 8.56. The van der Waals surface area contributed by atoms with Crippen LogP contribution in [0.5, 0.6) is 0 Å². The molecule has 28 heavy (non-hydrogen) atoms. The number of amides is 1. The number of nitrogens with zero attached hydrogens (tertiary/aromatic N) is 3. The zero-order valence-electron chi connectivity index (χ0n) is 17.4. The molecule has 0 saturated carbocycles. The number of carbonyl (C=O) groups is 1. The van der Waals surface area contributed by atoms with E-state index in [2.05, 4.69) is 48.0 Å². The lowest BCUT2D eigenvalue weighted by atomic mass is 10.2. The van der Waals surface area contributed by atoms with E-state index in [4.69, 9.17) is 11.6 Å². The number of unbranched alkanes of at least 4 members (excludes halogenated alkanes) is 1. The summed E-state index contributed by atoms with van der Waals surface area (Å²) in [5.74, 6) is 1.21. The molecule has 0 bridgehead atoms. The van der Waals surface area contributed by atoms with E-state index in [0.29, 0.717) is 11.1 Å². The van der Waals surface area contributed by atoms with E-state index in [0.717, 1.165) is 48.0 Å². The lowest BCUT2D eigenvalue weighted by Gasteiger charge is -2.20. The van der Waals surface area contributed by atoms with Crippen molar-refractivity contribution in [1.29, 1.82) is 0 Å². The Hall–Kier alpha value is -1.57. The van der Waals surface area contributed by atoms with Gasteiger partial charge in [0.15, 0.2) is 11.0 Å². The van der Waals surface area contributed by atoms with Gasteiger partial charge in [-0.1, -0.05) is 49.7 Å². The Labute approximate surface area is 177 Å². The number of thioether (sulfide) groups is 1. The molecule has 1 atom stereocenters. The summed E-state index contributed by atoms with van der Waals surface area (Å²) < 4.78 is 2.19. The van der Waals surface area contributed by atoms with Crippen LogP contribution in [-0.2, 0) is 11.3 Å². The lowest BCUT2D eigenvalue weighted by molar-refractivity contribution is -0.893. The second-order valence-electron chi connectivity index (χ2n) is 7.18. The fourth-order valence-corrected chi connectivity index (χ4v) is 4.03. The molecule has 1 aromatic carbocycles. The number of aromatic nitrogens is 3. The summed E-state index contributed by atoms with van der Waals surface area (Å²) in [5.41, 5.74) is 1.73. The Morgan fingerprint density at radius 3 is 2.71 bits per heavy atom. The molecule has 0 radical (unpaired) electrons. The molecule has 0 unspecified atom stereocenters. The first-order valence-corrected chi connectivity index (χ1v) is 11.2. The molecule has 2 rings (SSSR count). The monoisotopic (exact) mass is 424 g/mol. The van der Waals surface area contributed by atoms with E-state index in [-0.39, 0.29) is 11.7 Å². The predicted octanol–water partition coefficient (Wildman–Crippen LogP) is 3.37. The molecule has 2 aromatic rings. The molecule has 2 N–H and O–H groups in total. The minimum Gasteiger partial charge on any atom is -0.331 e. The molecule has 0 aliphatic carbocycles. The zero-order chi connectivity index (χ0) is 20.7. The van der Waals surface area contributed by atoms with Crippen molar-refractivity contribution < 1.29 is 9.69 Å². The van der Waals surface area contributed by atoms with Gasteiger partial charge in [-0.3, -0.25) is 4.79 Å². The van der Waals surface area contributed by atoms with Crippen molar-refractivity contribution in [3.05, 3.63) is 34.6 Å². The van der Waals surface area contributed by atoms with Crippen molar-refractivity contribution in [2.45, 2.75) is 57.8 Å². The molecule has 0 saturated heterocycles. The average Bonchev–Trinajstić information content (AvgIpc) is 3.04. The highest BCUT2D eigenvalue weighted by Gasteiger charge is 2.25. The van der Waals surface area contributed by atoms with Crippen LogP contribution in [0.25, 0.3) is 0 Å². The molecule has 1 aromatic heterocycles. The van der Waals surface area contributed by atoms with Gasteiger partial charge in [0.25, 0.3) is 0 Å². The molecule has 0 aliphatic rings. The Morgan fingerprint density at radius 2 is 2.07 bits per heavy atom. The van der Waals surface area contributed by atoms with Gasteiger partial charge in [-0.15, -0.1) is 10.2 Å². The minimum absolute atomic E-state index is 0.0766. The van der Waals surface area contributed by atoms with E-state index in [1.54, 1.807) is 6.07 Å². The van der Waals surface area contributed by atoms with Crippen LogP contribution in [0.2, 0.25) is 5.02 Å². The van der Waals surface area contributed by atoms with Crippen LogP contribution in [0.15, 0.2) is 23.4 Å². The molecule has 1 amide bonds. The predicted molar refractivity (Wildman–Crippen MR) is 116 cm³/mol. The lowest BCUT2D eigenvalue weighted by Crippen LogP contribution is -3.06. The van der Waals surface area contributed by atoms with Crippen LogP contribution in [-0.4, -0.2) is 40.5 Å². The van der Waals surface area contributed by atoms with Gasteiger partial charge < -0.3 is 14.8 Å². The standard InChI is InChI=1S/C20H30ClN5OS/c1-6-8-11-26-19(17(7-2)25(4)5)23-24-20(26)28-13-18(27)22-16-12-15(21)10-9-14(16)3/h9-10,12,17H,6-8,11,13H2,1-5H3,(H,22,27)/p+1/t17-/m1/s1. The summed E-state index contributed by atoms with van der Waals surface area (Å²) in [6.07, 6.45) is 3.15. The third-order valence-corrected chi connectivity index (χ3v) is 5.91. The maximum absolute atomic E-state index is 12.4. The van der Waals surface area contributed by atoms with Crippen LogP contribution >= 0.6 is 23.4 Å². The van der Waals surface area contributed by atoms with Gasteiger partial charge in [0.05, 0.1) is 19.8 Å².